The van der Waals surface area contributed by atoms with Gasteiger partial charge in [0.1, 0.15) is 5.82 Å². The molecule has 0 radical (unpaired) electrons. The van der Waals surface area contributed by atoms with Gasteiger partial charge in [-0.1, -0.05) is 19.1 Å². The van der Waals surface area contributed by atoms with Crippen LogP contribution in [0.3, 0.4) is 0 Å². The van der Waals surface area contributed by atoms with Crippen LogP contribution < -0.4 is 16.0 Å². The fourth-order valence-corrected chi connectivity index (χ4v) is 3.29. The van der Waals surface area contributed by atoms with Crippen LogP contribution in [0.25, 0.3) is 10.9 Å². The van der Waals surface area contributed by atoms with E-state index in [0.717, 1.165) is 40.6 Å². The number of aliphatic imine (C=N–C) groups is 1. The van der Waals surface area contributed by atoms with Gasteiger partial charge in [-0.25, -0.2) is 4.39 Å². The molecule has 1 heterocycles. The minimum atomic E-state index is -0.234. The standard InChI is InChI=1S/C23H28FN5O.HI/c1-3-5-22(30)29-19-7-4-6-16(12-19)14-28-23(25-2)26-11-10-17-15-27-21-9-8-18(24)13-20(17)21;/h4,6-9,12-13,15,27H,3,5,10-11,14H2,1-2H3,(H,29,30)(H2,25,26,28);1H. The Hall–Kier alpha value is -2.62. The maximum Gasteiger partial charge on any atom is 0.224 e. The van der Waals surface area contributed by atoms with E-state index in [1.807, 2.05) is 37.4 Å². The Morgan fingerprint density at radius 1 is 1.16 bits per heavy atom. The van der Waals surface area contributed by atoms with Crippen molar-refractivity contribution < 1.29 is 9.18 Å². The Balaban J connectivity index is 0.00000341. The first-order valence-corrected chi connectivity index (χ1v) is 10.2. The Bertz CT molecular complexity index is 1030. The molecule has 0 aliphatic carbocycles. The van der Waals surface area contributed by atoms with Crippen LogP contribution in [0.4, 0.5) is 10.1 Å². The highest BCUT2D eigenvalue weighted by molar-refractivity contribution is 14.0. The molecule has 2 aromatic carbocycles. The molecule has 3 rings (SSSR count). The predicted octanol–water partition coefficient (Wildman–Crippen LogP) is 4.57. The number of hydrogen-bond acceptors (Lipinski definition) is 2. The fourth-order valence-electron chi connectivity index (χ4n) is 3.29. The summed E-state index contributed by atoms with van der Waals surface area (Å²) in [4.78, 5) is 19.2. The van der Waals surface area contributed by atoms with Crippen molar-refractivity contribution in [2.75, 3.05) is 18.9 Å². The van der Waals surface area contributed by atoms with Crippen molar-refractivity contribution in [3.05, 3.63) is 65.6 Å². The minimum Gasteiger partial charge on any atom is -0.361 e. The van der Waals surface area contributed by atoms with E-state index >= 15 is 0 Å². The van der Waals surface area contributed by atoms with E-state index in [-0.39, 0.29) is 35.7 Å². The summed E-state index contributed by atoms with van der Waals surface area (Å²) in [6, 6.07) is 12.5. The summed E-state index contributed by atoms with van der Waals surface area (Å²) in [6.07, 6.45) is 3.99. The number of nitrogens with one attached hydrogen (secondary N) is 4. The number of fused-ring (bicyclic) bond motifs is 1. The van der Waals surface area contributed by atoms with Crippen molar-refractivity contribution in [2.45, 2.75) is 32.7 Å². The highest BCUT2D eigenvalue weighted by Crippen LogP contribution is 2.19. The lowest BCUT2D eigenvalue weighted by molar-refractivity contribution is -0.116. The van der Waals surface area contributed by atoms with Crippen molar-refractivity contribution in [1.29, 1.82) is 0 Å². The molecule has 6 nitrogen and oxygen atoms in total. The maximum atomic E-state index is 13.5. The van der Waals surface area contributed by atoms with Crippen LogP contribution in [-0.2, 0) is 17.8 Å². The Labute approximate surface area is 199 Å². The number of aromatic nitrogens is 1. The second-order valence-corrected chi connectivity index (χ2v) is 7.10. The van der Waals surface area contributed by atoms with E-state index in [4.69, 9.17) is 0 Å². The van der Waals surface area contributed by atoms with Crippen LogP contribution in [-0.4, -0.2) is 30.4 Å². The van der Waals surface area contributed by atoms with Crippen LogP contribution in [0.1, 0.15) is 30.9 Å². The number of H-pyrrole nitrogens is 1. The summed E-state index contributed by atoms with van der Waals surface area (Å²) in [7, 11) is 1.72. The largest absolute Gasteiger partial charge is 0.361 e. The first-order chi connectivity index (χ1) is 14.6. The number of halogens is 2. The lowest BCUT2D eigenvalue weighted by Gasteiger charge is -2.13. The molecule has 0 unspecified atom stereocenters. The van der Waals surface area contributed by atoms with Gasteiger partial charge in [-0.05, 0) is 54.3 Å². The molecule has 1 aromatic heterocycles. The molecule has 0 atom stereocenters. The predicted molar refractivity (Wildman–Crippen MR) is 136 cm³/mol. The molecule has 0 saturated carbocycles. The lowest BCUT2D eigenvalue weighted by Crippen LogP contribution is -2.37. The first kappa shape index (κ1) is 24.6. The molecule has 0 bridgehead atoms. The molecule has 0 saturated heterocycles. The molecule has 31 heavy (non-hydrogen) atoms. The monoisotopic (exact) mass is 537 g/mol. The summed E-state index contributed by atoms with van der Waals surface area (Å²) in [5, 5.41) is 10.4. The fraction of sp³-hybridized carbons (Fsp3) is 0.304. The van der Waals surface area contributed by atoms with Gasteiger partial charge < -0.3 is 20.9 Å². The molecular formula is C23H29FIN5O. The van der Waals surface area contributed by atoms with Crippen LogP contribution in [0, 0.1) is 5.82 Å². The Kier molecular flexibility index (Phi) is 9.77. The molecule has 0 aliphatic heterocycles. The molecular weight excluding hydrogens is 508 g/mol. The van der Waals surface area contributed by atoms with Gasteiger partial charge in [0.2, 0.25) is 5.91 Å². The van der Waals surface area contributed by atoms with Crippen molar-refractivity contribution in [1.82, 2.24) is 15.6 Å². The normalized spacial score (nSPS) is 11.1. The minimum absolute atomic E-state index is 0. The van der Waals surface area contributed by atoms with Gasteiger partial charge >= 0.3 is 0 Å². The highest BCUT2D eigenvalue weighted by atomic mass is 127. The smallest absolute Gasteiger partial charge is 0.224 e. The van der Waals surface area contributed by atoms with Crippen LogP contribution in [0.2, 0.25) is 0 Å². The lowest BCUT2D eigenvalue weighted by atomic mass is 10.1. The van der Waals surface area contributed by atoms with E-state index in [1.54, 1.807) is 19.2 Å². The molecule has 0 spiro atoms. The SMILES string of the molecule is CCCC(=O)Nc1cccc(CNC(=NC)NCCc2c[nH]c3ccc(F)cc23)c1.I. The Morgan fingerprint density at radius 2 is 2.00 bits per heavy atom. The topological polar surface area (TPSA) is 81.3 Å². The van der Waals surface area contributed by atoms with Crippen molar-refractivity contribution >= 4 is 52.4 Å². The summed E-state index contributed by atoms with van der Waals surface area (Å²) in [5.41, 5.74) is 3.82. The van der Waals surface area contributed by atoms with E-state index in [2.05, 4.69) is 25.9 Å². The van der Waals surface area contributed by atoms with E-state index in [9.17, 15) is 9.18 Å². The zero-order chi connectivity index (χ0) is 21.3. The van der Waals surface area contributed by atoms with Gasteiger partial charge in [-0.3, -0.25) is 9.79 Å². The zero-order valence-electron chi connectivity index (χ0n) is 17.8. The Morgan fingerprint density at radius 3 is 2.77 bits per heavy atom. The number of carbonyl (C=O) groups is 1. The third kappa shape index (κ3) is 7.23. The molecule has 8 heteroatoms. The van der Waals surface area contributed by atoms with Gasteiger partial charge in [0.05, 0.1) is 0 Å². The number of aromatic amines is 1. The van der Waals surface area contributed by atoms with Crippen molar-refractivity contribution in [3.8, 4) is 0 Å². The second-order valence-electron chi connectivity index (χ2n) is 7.10. The number of amides is 1. The number of nitrogens with zero attached hydrogens (tertiary/aromatic N) is 1. The second kappa shape index (κ2) is 12.3. The number of benzene rings is 2. The number of guanidine groups is 1. The quantitative estimate of drug-likeness (QED) is 0.193. The molecule has 3 aromatic rings. The average molecular weight is 537 g/mol. The number of rotatable bonds is 8. The first-order valence-electron chi connectivity index (χ1n) is 10.2. The number of hydrogen-bond donors (Lipinski definition) is 4. The van der Waals surface area contributed by atoms with Crippen LogP contribution >= 0.6 is 24.0 Å². The van der Waals surface area contributed by atoms with Crippen LogP contribution in [0.15, 0.2) is 53.7 Å². The van der Waals surface area contributed by atoms with Crippen LogP contribution in [0.5, 0.6) is 0 Å². The third-order valence-corrected chi connectivity index (χ3v) is 4.79. The van der Waals surface area contributed by atoms with Gasteiger partial charge in [0.25, 0.3) is 0 Å². The van der Waals surface area contributed by atoms with Crippen molar-refractivity contribution in [2.24, 2.45) is 4.99 Å². The molecule has 0 aliphatic rings. The summed E-state index contributed by atoms with van der Waals surface area (Å²) < 4.78 is 13.5. The van der Waals surface area contributed by atoms with E-state index < -0.39 is 0 Å². The molecule has 4 N–H and O–H groups in total. The number of anilines is 1. The average Bonchev–Trinajstić information content (AvgIpc) is 3.13. The molecule has 1 amide bonds. The maximum absolute atomic E-state index is 13.5. The zero-order valence-corrected chi connectivity index (χ0v) is 20.1. The summed E-state index contributed by atoms with van der Waals surface area (Å²) in [5.74, 6) is 0.473. The number of carbonyl (C=O) groups excluding carboxylic acids is 1. The third-order valence-electron chi connectivity index (χ3n) is 4.79. The molecule has 166 valence electrons. The summed E-state index contributed by atoms with van der Waals surface area (Å²) in [6.45, 7) is 3.22. The van der Waals surface area contributed by atoms with E-state index in [0.29, 0.717) is 25.5 Å². The van der Waals surface area contributed by atoms with Gasteiger partial charge in [0, 0.05) is 49.3 Å². The van der Waals surface area contributed by atoms with E-state index in [1.165, 1.54) is 6.07 Å². The summed E-state index contributed by atoms with van der Waals surface area (Å²) >= 11 is 0. The van der Waals surface area contributed by atoms with Gasteiger partial charge in [0.15, 0.2) is 5.96 Å². The van der Waals surface area contributed by atoms with Gasteiger partial charge in [-0.2, -0.15) is 0 Å². The van der Waals surface area contributed by atoms with Gasteiger partial charge in [-0.15, -0.1) is 24.0 Å². The highest BCUT2D eigenvalue weighted by Gasteiger charge is 2.06. The van der Waals surface area contributed by atoms with Crippen molar-refractivity contribution in [3.63, 3.8) is 0 Å². The molecule has 0 fully saturated rings.